The molecule has 1 aromatic carbocycles. The predicted molar refractivity (Wildman–Crippen MR) is 71.1 cm³/mol. The van der Waals surface area contributed by atoms with Gasteiger partial charge in [0.05, 0.1) is 11.1 Å². The van der Waals surface area contributed by atoms with Gasteiger partial charge in [-0.1, -0.05) is 6.92 Å². The molecular formula is C15H18O3. The fourth-order valence-corrected chi connectivity index (χ4v) is 2.03. The number of fused-ring (bicyclic) bond motifs is 1. The molecule has 3 heteroatoms. The molecule has 0 bridgehead atoms. The molecule has 1 aromatic rings. The SMILES string of the molecule is CCCC(=O)c1ccc2c(c1O)C=CC(C)(C)O2. The number of hydrogen-bond acceptors (Lipinski definition) is 3. The molecule has 0 spiro atoms. The van der Waals surface area contributed by atoms with E-state index in [0.29, 0.717) is 23.3 Å². The lowest BCUT2D eigenvalue weighted by Gasteiger charge is -2.28. The number of ether oxygens (including phenoxy) is 1. The third kappa shape index (κ3) is 2.26. The van der Waals surface area contributed by atoms with Crippen LogP contribution in [0.1, 0.15) is 49.5 Å². The quantitative estimate of drug-likeness (QED) is 0.829. The molecule has 1 aliphatic heterocycles. The first-order valence-electron chi connectivity index (χ1n) is 6.22. The molecule has 0 fully saturated rings. The molecule has 3 nitrogen and oxygen atoms in total. The summed E-state index contributed by atoms with van der Waals surface area (Å²) in [4.78, 5) is 11.9. The lowest BCUT2D eigenvalue weighted by molar-refractivity contribution is 0.0979. The van der Waals surface area contributed by atoms with Gasteiger partial charge in [-0.3, -0.25) is 4.79 Å². The summed E-state index contributed by atoms with van der Waals surface area (Å²) < 4.78 is 5.74. The average Bonchev–Trinajstić information content (AvgIpc) is 2.28. The topological polar surface area (TPSA) is 46.5 Å². The largest absolute Gasteiger partial charge is 0.506 e. The van der Waals surface area contributed by atoms with Crippen molar-refractivity contribution in [3.63, 3.8) is 0 Å². The van der Waals surface area contributed by atoms with E-state index in [2.05, 4.69) is 0 Å². The molecule has 96 valence electrons. The van der Waals surface area contributed by atoms with Gasteiger partial charge in [0.15, 0.2) is 5.78 Å². The number of hydrogen-bond donors (Lipinski definition) is 1. The van der Waals surface area contributed by atoms with Crippen LogP contribution in [0.4, 0.5) is 0 Å². The van der Waals surface area contributed by atoms with E-state index in [-0.39, 0.29) is 17.1 Å². The average molecular weight is 246 g/mol. The van der Waals surface area contributed by atoms with E-state index in [4.69, 9.17) is 4.74 Å². The highest BCUT2D eigenvalue weighted by atomic mass is 16.5. The maximum absolute atomic E-state index is 11.9. The second-order valence-electron chi connectivity index (χ2n) is 5.09. The number of aromatic hydroxyl groups is 1. The second-order valence-corrected chi connectivity index (χ2v) is 5.09. The number of phenols is 1. The van der Waals surface area contributed by atoms with Gasteiger partial charge in [0.1, 0.15) is 17.1 Å². The highest BCUT2D eigenvalue weighted by Gasteiger charge is 2.25. The van der Waals surface area contributed by atoms with Gasteiger partial charge in [0.2, 0.25) is 0 Å². The third-order valence-electron chi connectivity index (χ3n) is 2.98. The van der Waals surface area contributed by atoms with Crippen molar-refractivity contribution >= 4 is 11.9 Å². The Balaban J connectivity index is 2.43. The van der Waals surface area contributed by atoms with Gasteiger partial charge < -0.3 is 9.84 Å². The zero-order valence-corrected chi connectivity index (χ0v) is 11.0. The zero-order valence-electron chi connectivity index (χ0n) is 11.0. The molecule has 0 radical (unpaired) electrons. The summed E-state index contributed by atoms with van der Waals surface area (Å²) in [5.41, 5.74) is 0.591. The minimum Gasteiger partial charge on any atom is -0.506 e. The summed E-state index contributed by atoms with van der Waals surface area (Å²) in [7, 11) is 0. The Morgan fingerprint density at radius 2 is 2.11 bits per heavy atom. The van der Waals surface area contributed by atoms with Gasteiger partial charge in [0, 0.05) is 6.42 Å². The van der Waals surface area contributed by atoms with Gasteiger partial charge >= 0.3 is 0 Å². The number of benzene rings is 1. The van der Waals surface area contributed by atoms with Crippen molar-refractivity contribution in [2.75, 3.05) is 0 Å². The van der Waals surface area contributed by atoms with E-state index in [9.17, 15) is 9.90 Å². The number of phenolic OH excluding ortho intramolecular Hbond substituents is 1. The van der Waals surface area contributed by atoms with Crippen molar-refractivity contribution in [1.82, 2.24) is 0 Å². The first kappa shape index (κ1) is 12.7. The normalized spacial score (nSPS) is 15.9. The maximum Gasteiger partial charge on any atom is 0.166 e. The molecule has 1 aliphatic rings. The molecule has 0 saturated heterocycles. The maximum atomic E-state index is 11.9. The fourth-order valence-electron chi connectivity index (χ4n) is 2.03. The van der Waals surface area contributed by atoms with Crippen LogP contribution < -0.4 is 4.74 Å². The molecule has 18 heavy (non-hydrogen) atoms. The smallest absolute Gasteiger partial charge is 0.166 e. The molecule has 2 rings (SSSR count). The van der Waals surface area contributed by atoms with Crippen LogP contribution in [0.5, 0.6) is 11.5 Å². The van der Waals surface area contributed by atoms with Crippen LogP contribution in [0.25, 0.3) is 6.08 Å². The number of ketones is 1. The summed E-state index contributed by atoms with van der Waals surface area (Å²) in [6, 6.07) is 3.39. The van der Waals surface area contributed by atoms with Crippen LogP contribution >= 0.6 is 0 Å². The fraction of sp³-hybridized carbons (Fsp3) is 0.400. The van der Waals surface area contributed by atoms with E-state index >= 15 is 0 Å². The Morgan fingerprint density at radius 3 is 2.78 bits per heavy atom. The summed E-state index contributed by atoms with van der Waals surface area (Å²) in [6.45, 7) is 5.83. The predicted octanol–water partition coefficient (Wildman–Crippen LogP) is 3.56. The molecule has 0 atom stereocenters. The molecule has 0 aromatic heterocycles. The van der Waals surface area contributed by atoms with Crippen LogP contribution in [-0.2, 0) is 0 Å². The second kappa shape index (κ2) is 4.48. The van der Waals surface area contributed by atoms with Gasteiger partial charge in [-0.15, -0.1) is 0 Å². The van der Waals surface area contributed by atoms with Crippen LogP contribution in [-0.4, -0.2) is 16.5 Å². The summed E-state index contributed by atoms with van der Waals surface area (Å²) in [5.74, 6) is 0.613. The van der Waals surface area contributed by atoms with Crippen LogP contribution in [0.3, 0.4) is 0 Å². The van der Waals surface area contributed by atoms with Crippen molar-refractivity contribution < 1.29 is 14.6 Å². The van der Waals surface area contributed by atoms with Gasteiger partial charge in [0.25, 0.3) is 0 Å². The first-order valence-corrected chi connectivity index (χ1v) is 6.22. The van der Waals surface area contributed by atoms with Crippen LogP contribution in [0, 0.1) is 0 Å². The third-order valence-corrected chi connectivity index (χ3v) is 2.98. The zero-order chi connectivity index (χ0) is 13.3. The van der Waals surface area contributed by atoms with Gasteiger partial charge in [-0.05, 0) is 44.6 Å². The minimum absolute atomic E-state index is 0.0256. The Labute approximate surface area is 107 Å². The highest BCUT2D eigenvalue weighted by Crippen LogP contribution is 2.38. The molecule has 1 N–H and O–H groups in total. The minimum atomic E-state index is -0.381. The summed E-state index contributed by atoms with van der Waals surface area (Å²) in [5, 5.41) is 10.1. The standard InChI is InChI=1S/C15H18O3/c1-4-5-12(16)10-6-7-13-11(14(10)17)8-9-15(2,3)18-13/h6-9,17H,4-5H2,1-3H3. The molecule has 0 aliphatic carbocycles. The molecule has 1 heterocycles. The van der Waals surface area contributed by atoms with Crippen molar-refractivity contribution in [2.45, 2.75) is 39.2 Å². The highest BCUT2D eigenvalue weighted by molar-refractivity contribution is 6.00. The lowest BCUT2D eigenvalue weighted by Crippen LogP contribution is -2.27. The number of carbonyl (C=O) groups is 1. The van der Waals surface area contributed by atoms with E-state index in [1.807, 2.05) is 32.9 Å². The molecule has 0 unspecified atom stereocenters. The van der Waals surface area contributed by atoms with Crippen molar-refractivity contribution in [2.24, 2.45) is 0 Å². The first-order chi connectivity index (χ1) is 8.44. The Kier molecular flexibility index (Phi) is 3.16. The van der Waals surface area contributed by atoms with Gasteiger partial charge in [-0.25, -0.2) is 0 Å². The van der Waals surface area contributed by atoms with Crippen LogP contribution in [0.2, 0.25) is 0 Å². The van der Waals surface area contributed by atoms with Crippen molar-refractivity contribution in [3.05, 3.63) is 29.3 Å². The summed E-state index contributed by atoms with van der Waals surface area (Å²) in [6.07, 6.45) is 4.91. The van der Waals surface area contributed by atoms with E-state index in [1.54, 1.807) is 12.1 Å². The van der Waals surface area contributed by atoms with Gasteiger partial charge in [-0.2, -0.15) is 0 Å². The van der Waals surface area contributed by atoms with E-state index in [1.165, 1.54) is 0 Å². The van der Waals surface area contributed by atoms with Crippen molar-refractivity contribution in [3.8, 4) is 11.5 Å². The van der Waals surface area contributed by atoms with Crippen molar-refractivity contribution in [1.29, 1.82) is 0 Å². The monoisotopic (exact) mass is 246 g/mol. The number of rotatable bonds is 3. The Bertz CT molecular complexity index is 513. The van der Waals surface area contributed by atoms with Crippen LogP contribution in [0.15, 0.2) is 18.2 Å². The number of Topliss-reactive ketones (excluding diaryl/α,β-unsaturated/α-hetero) is 1. The Hall–Kier alpha value is -1.77. The summed E-state index contributed by atoms with van der Waals surface area (Å²) >= 11 is 0. The van der Waals surface area contributed by atoms with E-state index in [0.717, 1.165) is 6.42 Å². The lowest BCUT2D eigenvalue weighted by atomic mass is 9.97. The molecule has 0 saturated carbocycles. The number of carbonyl (C=O) groups excluding carboxylic acids is 1. The van der Waals surface area contributed by atoms with E-state index < -0.39 is 0 Å². The Morgan fingerprint density at radius 1 is 1.39 bits per heavy atom. The molecular weight excluding hydrogens is 228 g/mol. The molecule has 0 amide bonds.